The largest absolute Gasteiger partial charge is 0.510 e. The van der Waals surface area contributed by atoms with Gasteiger partial charge in [0.1, 0.15) is 11.5 Å². The van der Waals surface area contributed by atoms with Gasteiger partial charge in [-0.25, -0.2) is 0 Å². The summed E-state index contributed by atoms with van der Waals surface area (Å²) in [6.07, 6.45) is 3.91. The van der Waals surface area contributed by atoms with Gasteiger partial charge in [0, 0.05) is 25.7 Å². The molecule has 1 saturated heterocycles. The summed E-state index contributed by atoms with van der Waals surface area (Å²) < 4.78 is 0. The quantitative estimate of drug-likeness (QED) is 0.931. The van der Waals surface area contributed by atoms with Gasteiger partial charge in [0.2, 0.25) is 0 Å². The second-order valence-corrected chi connectivity index (χ2v) is 6.41. The summed E-state index contributed by atoms with van der Waals surface area (Å²) in [7, 11) is 0. The summed E-state index contributed by atoms with van der Waals surface area (Å²) in [5.74, 6) is 0.299. The van der Waals surface area contributed by atoms with Crippen LogP contribution in [0.5, 0.6) is 0 Å². The third-order valence-electron chi connectivity index (χ3n) is 4.72. The molecule has 2 aromatic rings. The lowest BCUT2D eigenvalue weighted by molar-refractivity contribution is -0.135. The first-order valence-electron chi connectivity index (χ1n) is 8.48. The van der Waals surface area contributed by atoms with Gasteiger partial charge in [-0.15, -0.1) is 0 Å². The number of fused-ring (bicyclic) bond motifs is 1. The minimum absolute atomic E-state index is 0.00714. The molecule has 1 amide bonds. The molecule has 1 N–H and O–H groups in total. The van der Waals surface area contributed by atoms with E-state index in [1.165, 1.54) is 0 Å². The molecule has 25 heavy (non-hydrogen) atoms. The SMILES string of the molecule is O=C1C2=CCC(O)=CN2CC(c2ccccc2)N1Cc1ccccc1. The Morgan fingerprint density at radius 3 is 2.40 bits per heavy atom. The highest BCUT2D eigenvalue weighted by atomic mass is 16.3. The van der Waals surface area contributed by atoms with Gasteiger partial charge in [-0.2, -0.15) is 0 Å². The Bertz CT molecular complexity index is 827. The molecule has 2 aliphatic heterocycles. The zero-order chi connectivity index (χ0) is 17.2. The number of aliphatic hydroxyl groups is 1. The molecular weight excluding hydrogens is 312 g/mol. The van der Waals surface area contributed by atoms with E-state index in [1.54, 1.807) is 6.20 Å². The van der Waals surface area contributed by atoms with Crippen LogP contribution in [0.25, 0.3) is 0 Å². The van der Waals surface area contributed by atoms with Crippen molar-refractivity contribution in [3.8, 4) is 0 Å². The summed E-state index contributed by atoms with van der Waals surface area (Å²) in [5.41, 5.74) is 2.87. The topological polar surface area (TPSA) is 43.8 Å². The number of hydrogen-bond acceptors (Lipinski definition) is 3. The second kappa shape index (κ2) is 6.48. The Morgan fingerprint density at radius 2 is 1.68 bits per heavy atom. The molecule has 2 heterocycles. The van der Waals surface area contributed by atoms with Crippen molar-refractivity contribution in [2.45, 2.75) is 19.0 Å². The van der Waals surface area contributed by atoms with Crippen molar-refractivity contribution in [3.05, 3.63) is 95.5 Å². The molecule has 4 rings (SSSR count). The maximum Gasteiger partial charge on any atom is 0.271 e. The highest BCUT2D eigenvalue weighted by Crippen LogP contribution is 2.34. The van der Waals surface area contributed by atoms with Crippen LogP contribution in [0, 0.1) is 0 Å². The Balaban J connectivity index is 1.71. The van der Waals surface area contributed by atoms with Gasteiger partial charge in [0.15, 0.2) is 0 Å². The number of hydrogen-bond donors (Lipinski definition) is 1. The summed E-state index contributed by atoms with van der Waals surface area (Å²) >= 11 is 0. The fourth-order valence-electron chi connectivity index (χ4n) is 3.48. The average molecular weight is 332 g/mol. The number of nitrogens with zero attached hydrogens (tertiary/aromatic N) is 2. The second-order valence-electron chi connectivity index (χ2n) is 6.41. The number of benzene rings is 2. The zero-order valence-corrected chi connectivity index (χ0v) is 13.9. The van der Waals surface area contributed by atoms with Crippen LogP contribution in [0.2, 0.25) is 0 Å². The highest BCUT2D eigenvalue weighted by molar-refractivity contribution is 5.94. The first-order chi connectivity index (χ1) is 12.2. The first kappa shape index (κ1) is 15.5. The summed E-state index contributed by atoms with van der Waals surface area (Å²) in [5, 5.41) is 9.84. The third-order valence-corrected chi connectivity index (χ3v) is 4.72. The van der Waals surface area contributed by atoms with Gasteiger partial charge in [-0.1, -0.05) is 60.7 Å². The molecule has 1 fully saturated rings. The number of carbonyl (C=O) groups is 1. The predicted molar refractivity (Wildman–Crippen MR) is 96.3 cm³/mol. The van der Waals surface area contributed by atoms with E-state index in [0.29, 0.717) is 31.0 Å². The number of amides is 1. The molecule has 2 aromatic carbocycles. The zero-order valence-electron chi connectivity index (χ0n) is 13.9. The molecule has 2 aliphatic rings. The lowest BCUT2D eigenvalue weighted by Crippen LogP contribution is -2.49. The van der Waals surface area contributed by atoms with Gasteiger partial charge in [-0.3, -0.25) is 4.79 Å². The van der Waals surface area contributed by atoms with E-state index in [-0.39, 0.29) is 11.9 Å². The van der Waals surface area contributed by atoms with Gasteiger partial charge >= 0.3 is 0 Å². The Hall–Kier alpha value is -3.01. The van der Waals surface area contributed by atoms with Crippen molar-refractivity contribution in [2.75, 3.05) is 6.54 Å². The van der Waals surface area contributed by atoms with Gasteiger partial charge in [0.05, 0.1) is 6.04 Å². The smallest absolute Gasteiger partial charge is 0.271 e. The normalized spacial score (nSPS) is 20.0. The molecule has 0 bridgehead atoms. The van der Waals surface area contributed by atoms with Crippen molar-refractivity contribution in [2.24, 2.45) is 0 Å². The highest BCUT2D eigenvalue weighted by Gasteiger charge is 2.37. The first-order valence-corrected chi connectivity index (χ1v) is 8.48. The van der Waals surface area contributed by atoms with Crippen molar-refractivity contribution in [1.29, 1.82) is 0 Å². The van der Waals surface area contributed by atoms with E-state index >= 15 is 0 Å². The van der Waals surface area contributed by atoms with Crippen LogP contribution in [0.1, 0.15) is 23.6 Å². The van der Waals surface area contributed by atoms with Crippen molar-refractivity contribution in [3.63, 3.8) is 0 Å². The Kier molecular flexibility index (Phi) is 4.02. The van der Waals surface area contributed by atoms with E-state index < -0.39 is 0 Å². The van der Waals surface area contributed by atoms with E-state index in [2.05, 4.69) is 12.1 Å². The monoisotopic (exact) mass is 332 g/mol. The van der Waals surface area contributed by atoms with Crippen LogP contribution >= 0.6 is 0 Å². The number of aliphatic hydroxyl groups excluding tert-OH is 1. The summed E-state index contributed by atoms with van der Waals surface area (Å²) in [6, 6.07) is 20.1. The van der Waals surface area contributed by atoms with E-state index in [4.69, 9.17) is 0 Å². The fourth-order valence-corrected chi connectivity index (χ4v) is 3.48. The molecule has 0 saturated carbocycles. The van der Waals surface area contributed by atoms with Crippen molar-refractivity contribution in [1.82, 2.24) is 9.80 Å². The Morgan fingerprint density at radius 1 is 1.00 bits per heavy atom. The fraction of sp³-hybridized carbons (Fsp3) is 0.190. The maximum absolute atomic E-state index is 13.2. The lowest BCUT2D eigenvalue weighted by Gasteiger charge is -2.43. The van der Waals surface area contributed by atoms with Crippen LogP contribution in [-0.2, 0) is 11.3 Å². The minimum Gasteiger partial charge on any atom is -0.510 e. The number of carbonyl (C=O) groups excluding carboxylic acids is 1. The van der Waals surface area contributed by atoms with Crippen LogP contribution in [-0.4, -0.2) is 27.4 Å². The van der Waals surface area contributed by atoms with E-state index in [9.17, 15) is 9.90 Å². The van der Waals surface area contributed by atoms with Crippen LogP contribution in [0.3, 0.4) is 0 Å². The van der Waals surface area contributed by atoms with Crippen molar-refractivity contribution >= 4 is 5.91 Å². The Labute approximate surface area is 147 Å². The average Bonchev–Trinajstić information content (AvgIpc) is 2.65. The molecule has 0 aromatic heterocycles. The van der Waals surface area contributed by atoms with Gasteiger partial charge in [0.25, 0.3) is 5.91 Å². The molecular formula is C21H20N2O2. The van der Waals surface area contributed by atoms with Crippen LogP contribution in [0.15, 0.2) is 84.4 Å². The molecule has 0 radical (unpaired) electrons. The van der Waals surface area contributed by atoms with Crippen molar-refractivity contribution < 1.29 is 9.90 Å². The lowest BCUT2D eigenvalue weighted by atomic mass is 9.98. The molecule has 4 heteroatoms. The standard InChI is InChI=1S/C21H20N2O2/c24-18-11-12-19-21(25)23(13-16-7-3-1-4-8-16)20(15-22(19)14-18)17-9-5-2-6-10-17/h1-10,12,14,20,24H,11,13,15H2. The third kappa shape index (κ3) is 3.03. The number of rotatable bonds is 3. The number of allylic oxidation sites excluding steroid dienone is 1. The maximum atomic E-state index is 13.2. The predicted octanol–water partition coefficient (Wildman–Crippen LogP) is 3.76. The van der Waals surface area contributed by atoms with Crippen LogP contribution < -0.4 is 0 Å². The molecule has 0 spiro atoms. The summed E-state index contributed by atoms with van der Waals surface area (Å²) in [6.45, 7) is 1.21. The summed E-state index contributed by atoms with van der Waals surface area (Å²) in [4.78, 5) is 17.0. The van der Waals surface area contributed by atoms with Crippen LogP contribution in [0.4, 0.5) is 0 Å². The number of piperazine rings is 1. The van der Waals surface area contributed by atoms with Gasteiger partial charge < -0.3 is 14.9 Å². The molecule has 0 aliphatic carbocycles. The van der Waals surface area contributed by atoms with E-state index in [1.807, 2.05) is 64.4 Å². The minimum atomic E-state index is -0.0618. The molecule has 4 nitrogen and oxygen atoms in total. The molecule has 1 unspecified atom stereocenters. The molecule has 1 atom stereocenters. The molecule has 126 valence electrons. The van der Waals surface area contributed by atoms with Gasteiger partial charge in [-0.05, 0) is 17.2 Å². The van der Waals surface area contributed by atoms with E-state index in [0.717, 1.165) is 11.1 Å².